The van der Waals surface area contributed by atoms with Crippen molar-refractivity contribution in [3.05, 3.63) is 12.7 Å². The molecule has 0 aliphatic carbocycles. The van der Waals surface area contributed by atoms with E-state index in [1.165, 1.54) is 0 Å². The van der Waals surface area contributed by atoms with Crippen LogP contribution in [-0.4, -0.2) is 21.3 Å². The molecule has 0 saturated heterocycles. The highest BCUT2D eigenvalue weighted by Gasteiger charge is 2.08. The summed E-state index contributed by atoms with van der Waals surface area (Å²) >= 11 is 0. The van der Waals surface area contributed by atoms with Crippen molar-refractivity contribution < 1.29 is 14.0 Å². The molecule has 1 radical (unpaired) electrons. The van der Waals surface area contributed by atoms with Crippen molar-refractivity contribution in [2.75, 3.05) is 0 Å². The third-order valence-electron chi connectivity index (χ3n) is 0.850. The van der Waals surface area contributed by atoms with Crippen molar-refractivity contribution in [3.63, 3.8) is 0 Å². The first-order chi connectivity index (χ1) is 5.06. The monoisotopic (exact) mass is 173 g/mol. The van der Waals surface area contributed by atoms with Crippen molar-refractivity contribution in [1.29, 1.82) is 0 Å². The smallest absolute Gasteiger partial charge is 0.332 e. The van der Waals surface area contributed by atoms with E-state index in [1.54, 1.807) is 6.92 Å². The normalized spacial score (nSPS) is 12.7. The first kappa shape index (κ1) is 10.4. The summed E-state index contributed by atoms with van der Waals surface area (Å²) < 4.78 is 9.99. The molecule has 0 aliphatic heterocycles. The molecule has 0 fully saturated rings. The molecular formula is C7H13O3Si. The largest absolute Gasteiger partial charge is 0.434 e. The SMILES string of the molecule is C=CC(=O)OC(C)O[Si](C)C. The second kappa shape index (κ2) is 5.09. The molecular weight excluding hydrogens is 160 g/mol. The van der Waals surface area contributed by atoms with Gasteiger partial charge in [-0.1, -0.05) is 6.58 Å². The molecule has 4 heteroatoms. The Hall–Kier alpha value is -0.613. The van der Waals surface area contributed by atoms with E-state index >= 15 is 0 Å². The van der Waals surface area contributed by atoms with Crippen molar-refractivity contribution >= 4 is 15.0 Å². The number of ether oxygens (including phenoxy) is 1. The molecule has 1 atom stereocenters. The van der Waals surface area contributed by atoms with Gasteiger partial charge in [0.15, 0.2) is 6.29 Å². The fourth-order valence-corrected chi connectivity index (χ4v) is 1.28. The van der Waals surface area contributed by atoms with Gasteiger partial charge in [0.25, 0.3) is 0 Å². The van der Waals surface area contributed by atoms with Crippen LogP contribution in [0, 0.1) is 0 Å². The summed E-state index contributed by atoms with van der Waals surface area (Å²) in [5.74, 6) is -0.444. The van der Waals surface area contributed by atoms with Gasteiger partial charge in [0.2, 0.25) is 9.04 Å². The van der Waals surface area contributed by atoms with Crippen LogP contribution in [0.5, 0.6) is 0 Å². The molecule has 3 nitrogen and oxygen atoms in total. The minimum absolute atomic E-state index is 0.444. The lowest BCUT2D eigenvalue weighted by Gasteiger charge is -2.14. The molecule has 1 unspecified atom stereocenters. The maximum Gasteiger partial charge on any atom is 0.332 e. The topological polar surface area (TPSA) is 35.5 Å². The van der Waals surface area contributed by atoms with Crippen molar-refractivity contribution in [2.24, 2.45) is 0 Å². The van der Waals surface area contributed by atoms with Crippen molar-refractivity contribution in [1.82, 2.24) is 0 Å². The molecule has 0 bridgehead atoms. The van der Waals surface area contributed by atoms with E-state index in [4.69, 9.17) is 9.16 Å². The zero-order valence-corrected chi connectivity index (χ0v) is 8.09. The van der Waals surface area contributed by atoms with Gasteiger partial charge in [0.05, 0.1) is 0 Å². The molecule has 0 rings (SSSR count). The number of rotatable bonds is 4. The fraction of sp³-hybridized carbons (Fsp3) is 0.571. The van der Waals surface area contributed by atoms with Crippen LogP contribution < -0.4 is 0 Å². The first-order valence-electron chi connectivity index (χ1n) is 3.36. The Morgan fingerprint density at radius 1 is 1.64 bits per heavy atom. The summed E-state index contributed by atoms with van der Waals surface area (Å²) in [6.45, 7) is 8.91. The van der Waals surface area contributed by atoms with Crippen LogP contribution in [0.1, 0.15) is 6.92 Å². The summed E-state index contributed by atoms with van der Waals surface area (Å²) in [4.78, 5) is 10.6. The van der Waals surface area contributed by atoms with Gasteiger partial charge in [-0.05, 0) is 20.0 Å². The Morgan fingerprint density at radius 2 is 2.18 bits per heavy atom. The molecule has 0 heterocycles. The minimum Gasteiger partial charge on any atom is -0.434 e. The van der Waals surface area contributed by atoms with E-state index in [9.17, 15) is 4.79 Å². The number of hydrogen-bond acceptors (Lipinski definition) is 3. The second-order valence-corrected chi connectivity index (χ2v) is 4.29. The Labute approximate surface area is 68.7 Å². The lowest BCUT2D eigenvalue weighted by atomic mass is 10.6. The van der Waals surface area contributed by atoms with Crippen molar-refractivity contribution in [2.45, 2.75) is 26.3 Å². The van der Waals surface area contributed by atoms with Crippen LogP contribution in [0.3, 0.4) is 0 Å². The highest BCUT2D eigenvalue weighted by atomic mass is 28.3. The van der Waals surface area contributed by atoms with Crippen LogP contribution in [-0.2, 0) is 14.0 Å². The number of carbonyl (C=O) groups is 1. The maximum atomic E-state index is 10.6. The third kappa shape index (κ3) is 5.81. The first-order valence-corrected chi connectivity index (χ1v) is 5.77. The zero-order chi connectivity index (χ0) is 8.85. The molecule has 11 heavy (non-hydrogen) atoms. The summed E-state index contributed by atoms with van der Waals surface area (Å²) in [6.07, 6.45) is 0.668. The number of carbonyl (C=O) groups excluding carboxylic acids is 1. The lowest BCUT2D eigenvalue weighted by Crippen LogP contribution is -2.22. The molecule has 63 valence electrons. The average molecular weight is 173 g/mol. The Kier molecular flexibility index (Phi) is 4.81. The van der Waals surface area contributed by atoms with E-state index in [0.717, 1.165) is 6.08 Å². The summed E-state index contributed by atoms with van der Waals surface area (Å²) in [5, 5.41) is 0. The van der Waals surface area contributed by atoms with Gasteiger partial charge in [-0.3, -0.25) is 0 Å². The molecule has 0 aromatic carbocycles. The third-order valence-corrected chi connectivity index (χ3v) is 1.65. The summed E-state index contributed by atoms with van der Waals surface area (Å²) in [7, 11) is -0.798. The van der Waals surface area contributed by atoms with Gasteiger partial charge in [-0.15, -0.1) is 0 Å². The van der Waals surface area contributed by atoms with Gasteiger partial charge in [-0.2, -0.15) is 0 Å². The predicted octanol–water partition coefficient (Wildman–Crippen LogP) is 1.33. The van der Waals surface area contributed by atoms with Crippen LogP contribution in [0.15, 0.2) is 12.7 Å². The lowest BCUT2D eigenvalue weighted by molar-refractivity contribution is -0.155. The minimum atomic E-state index is -0.798. The highest BCUT2D eigenvalue weighted by molar-refractivity contribution is 6.48. The molecule has 0 aliphatic rings. The predicted molar refractivity (Wildman–Crippen MR) is 44.3 cm³/mol. The van der Waals surface area contributed by atoms with Gasteiger partial charge < -0.3 is 9.16 Å². The molecule has 0 amide bonds. The van der Waals surface area contributed by atoms with Gasteiger partial charge in [0.1, 0.15) is 0 Å². The quantitative estimate of drug-likeness (QED) is 0.278. The fourth-order valence-electron chi connectivity index (χ4n) is 0.568. The van der Waals surface area contributed by atoms with Gasteiger partial charge in [0, 0.05) is 6.08 Å². The average Bonchev–Trinajstić information content (AvgIpc) is 1.85. The molecule has 0 N–H and O–H groups in total. The van der Waals surface area contributed by atoms with Gasteiger partial charge in [-0.25, -0.2) is 4.79 Å². The summed E-state index contributed by atoms with van der Waals surface area (Å²) in [6, 6.07) is 0. The number of hydrogen-bond donors (Lipinski definition) is 0. The second-order valence-electron chi connectivity index (χ2n) is 2.23. The highest BCUT2D eigenvalue weighted by Crippen LogP contribution is 1.97. The molecule has 0 saturated carbocycles. The molecule has 0 aromatic rings. The Balaban J connectivity index is 3.59. The van der Waals surface area contributed by atoms with E-state index in [0.29, 0.717) is 0 Å². The van der Waals surface area contributed by atoms with Crippen LogP contribution in [0.2, 0.25) is 13.1 Å². The molecule has 0 spiro atoms. The zero-order valence-electron chi connectivity index (χ0n) is 7.09. The van der Waals surface area contributed by atoms with Crippen LogP contribution in [0.25, 0.3) is 0 Å². The van der Waals surface area contributed by atoms with E-state index < -0.39 is 21.3 Å². The van der Waals surface area contributed by atoms with E-state index in [1.807, 2.05) is 13.1 Å². The van der Waals surface area contributed by atoms with Gasteiger partial charge >= 0.3 is 5.97 Å². The van der Waals surface area contributed by atoms with E-state index in [-0.39, 0.29) is 0 Å². The Morgan fingerprint density at radius 3 is 2.55 bits per heavy atom. The van der Waals surface area contributed by atoms with Crippen molar-refractivity contribution in [3.8, 4) is 0 Å². The standard InChI is InChI=1S/C7H13O3Si/c1-5-7(8)9-6(2)10-11(3)4/h5-6H,1H2,2-4H3. The number of esters is 1. The summed E-state index contributed by atoms with van der Waals surface area (Å²) in [5.41, 5.74) is 0. The maximum absolute atomic E-state index is 10.6. The van der Waals surface area contributed by atoms with E-state index in [2.05, 4.69) is 6.58 Å². The van der Waals surface area contributed by atoms with Crippen LogP contribution >= 0.6 is 0 Å². The molecule has 0 aromatic heterocycles. The Bertz CT molecular complexity index is 145. The van der Waals surface area contributed by atoms with Crippen LogP contribution in [0.4, 0.5) is 0 Å².